The van der Waals surface area contributed by atoms with Crippen molar-refractivity contribution in [1.29, 1.82) is 0 Å². The second-order valence-electron chi connectivity index (χ2n) is 30.1. The number of allylic oxidation sites excluding steroid dienone is 2. The fourth-order valence-electron chi connectivity index (χ4n) is 15.4. The Balaban J connectivity index is 0.000000117. The summed E-state index contributed by atoms with van der Waals surface area (Å²) in [6, 6.07) is 69.2. The number of fused-ring (bicyclic) bond motifs is 5. The average Bonchev–Trinajstić information content (AvgIpc) is 1.60. The molecule has 23 heteroatoms. The van der Waals surface area contributed by atoms with Crippen LogP contribution in [0.5, 0.6) is 46.0 Å². The predicted molar refractivity (Wildman–Crippen MR) is 441 cm³/mol. The molecule has 0 unspecified atom stereocenters. The average molecular weight is 1550 g/mol. The van der Waals surface area contributed by atoms with Gasteiger partial charge in [0.05, 0.1) is 44.3 Å². The van der Waals surface area contributed by atoms with Crippen molar-refractivity contribution in [3.05, 3.63) is 276 Å². The maximum absolute atomic E-state index is 13.1. The highest BCUT2D eigenvalue weighted by molar-refractivity contribution is 6.04. The van der Waals surface area contributed by atoms with E-state index in [4.69, 9.17) is 37.9 Å². The van der Waals surface area contributed by atoms with Gasteiger partial charge in [0.1, 0.15) is 23.3 Å². The first-order valence-corrected chi connectivity index (χ1v) is 38.9. The summed E-state index contributed by atoms with van der Waals surface area (Å²) in [5, 5.41) is 15.7. The van der Waals surface area contributed by atoms with Gasteiger partial charge >= 0.3 is 0 Å². The van der Waals surface area contributed by atoms with Gasteiger partial charge in [0.15, 0.2) is 46.0 Å². The van der Waals surface area contributed by atoms with E-state index in [1.54, 1.807) is 37.6 Å². The summed E-state index contributed by atoms with van der Waals surface area (Å²) in [5.74, 6) is 7.62. The molecule has 7 aromatic carbocycles. The van der Waals surface area contributed by atoms with Gasteiger partial charge in [-0.25, -0.2) is 19.9 Å². The molecule has 0 bridgehead atoms. The lowest BCUT2D eigenvalue weighted by atomic mass is 9.94. The topological polar surface area (TPSA) is 284 Å². The summed E-state index contributed by atoms with van der Waals surface area (Å²) in [4.78, 5) is 86.9. The molecule has 23 nitrogen and oxygen atoms in total. The smallest absolute Gasteiger partial charge is 0.251 e. The van der Waals surface area contributed by atoms with E-state index in [1.807, 2.05) is 188 Å². The molecule has 5 aliphatic carbocycles. The van der Waals surface area contributed by atoms with E-state index in [1.165, 1.54) is 17.6 Å². The van der Waals surface area contributed by atoms with Gasteiger partial charge in [-0.3, -0.25) is 29.0 Å². The van der Waals surface area contributed by atoms with Gasteiger partial charge in [0.2, 0.25) is 50.8 Å². The van der Waals surface area contributed by atoms with Gasteiger partial charge < -0.3 is 64.5 Å². The first-order chi connectivity index (χ1) is 56.7. The van der Waals surface area contributed by atoms with Crippen molar-refractivity contribution in [3.8, 4) is 79.6 Å². The number of aryl methyl sites for hydroxylation is 1. The van der Waals surface area contributed by atoms with Crippen LogP contribution in [0.2, 0.25) is 0 Å². The number of aromatic nitrogens is 5. The quantitative estimate of drug-likeness (QED) is 0.0566. The summed E-state index contributed by atoms with van der Waals surface area (Å²) >= 11 is 0. The molecule has 12 aromatic rings. The molecule has 116 heavy (non-hydrogen) atoms. The molecule has 9 heterocycles. The van der Waals surface area contributed by atoms with Crippen molar-refractivity contribution in [3.63, 3.8) is 0 Å². The molecule has 0 spiro atoms. The largest absolute Gasteiger partial charge is 0.454 e. The van der Waals surface area contributed by atoms with Crippen LogP contribution in [-0.4, -0.2) is 88.7 Å². The van der Waals surface area contributed by atoms with Crippen molar-refractivity contribution in [2.24, 2.45) is 0 Å². The maximum atomic E-state index is 13.1. The van der Waals surface area contributed by atoms with E-state index in [2.05, 4.69) is 76.6 Å². The summed E-state index contributed by atoms with van der Waals surface area (Å²) < 4.78 is 43.4. The number of benzene rings is 7. The van der Waals surface area contributed by atoms with Crippen LogP contribution in [0.1, 0.15) is 117 Å². The minimum absolute atomic E-state index is 0. The molecule has 4 aliphatic heterocycles. The zero-order chi connectivity index (χ0) is 79.0. The molecular weight excluding hydrogens is 1470 g/mol. The summed E-state index contributed by atoms with van der Waals surface area (Å²) in [6.45, 7) is 2.95. The molecule has 4 fully saturated rings. The Labute approximate surface area is 671 Å². The molecule has 5 aromatic heterocycles. The van der Waals surface area contributed by atoms with Gasteiger partial charge in [-0.1, -0.05) is 115 Å². The molecule has 9 aliphatic rings. The van der Waals surface area contributed by atoms with E-state index in [-0.39, 0.29) is 59.6 Å². The van der Waals surface area contributed by atoms with Crippen molar-refractivity contribution in [1.82, 2.24) is 30.2 Å². The van der Waals surface area contributed by atoms with Gasteiger partial charge in [-0.05, 0) is 221 Å². The molecule has 0 saturated heterocycles. The summed E-state index contributed by atoms with van der Waals surface area (Å²) in [7, 11) is 1.60. The Morgan fingerprint density at radius 2 is 0.767 bits per heavy atom. The fraction of sp³-hybridized carbons (Fsp3) is 0.226. The number of rotatable bonds is 17. The van der Waals surface area contributed by atoms with E-state index < -0.39 is 21.7 Å². The number of anilines is 4. The Kier molecular flexibility index (Phi) is 19.6. The number of ether oxygens (including phenoxy) is 8. The number of pyridine rings is 5. The number of hydrogen-bond donors (Lipinski definition) is 5. The lowest BCUT2D eigenvalue weighted by Gasteiger charge is -2.16. The number of para-hydroxylation sites is 1. The van der Waals surface area contributed by atoms with Crippen LogP contribution in [0, 0.1) is 6.92 Å². The van der Waals surface area contributed by atoms with Crippen LogP contribution in [0.4, 0.5) is 23.3 Å². The van der Waals surface area contributed by atoms with Crippen LogP contribution in [-0.2, 0) is 40.8 Å². The van der Waals surface area contributed by atoms with E-state index >= 15 is 0 Å². The van der Waals surface area contributed by atoms with Crippen LogP contribution >= 0.6 is 0 Å². The third-order valence-corrected chi connectivity index (χ3v) is 22.7. The second kappa shape index (κ2) is 30.9. The van der Waals surface area contributed by atoms with Crippen LogP contribution in [0.15, 0.2) is 237 Å². The maximum Gasteiger partial charge on any atom is 0.251 e. The molecule has 5 amide bonds. The molecule has 4 saturated carbocycles. The zero-order valence-electron chi connectivity index (χ0n) is 63.7. The fourth-order valence-corrected chi connectivity index (χ4v) is 15.4. The van der Waals surface area contributed by atoms with Gasteiger partial charge in [0, 0.05) is 55.5 Å². The highest BCUT2D eigenvalue weighted by atomic mass is 16.7. The standard InChI is InChI=1S/C25H19N3O3.C24H21N3O4.C23H20N2O3.C21H20N2O3.2H2/c29-24(25(10-11-25)18-7-8-20-21(13-18)31-15-30-20)28-22-9-6-17(14-27-22)19-5-1-3-16-4-2-12-26-23(16)19;1-25-22(28)16-7-5-15(6-8-16)18-3-2-4-21(26-18)27-23(29)24(11-12-24)17-9-10-19-20(13-17)31-14-30-19;1-15-5-7-16(8-6-15)18-3-2-4-21(24-18)25-22(26)23(11-12-23)17-9-10-19-20(13-17)28-14-27-19;24-20(23-19-7-3-6-16(22-19)14-4-1-2-5-14)21(10-11-21)15-8-9-17-18(12-15)26-13-25-17;;/h1-9,12-14H,10-11,15H2,(H,27,28,29);2-10,13H,11-12,14H2,1H3,(H,25,28)(H,26,27,29);2-10,13H,11-12,14H2,1H3,(H,24,25,26);3-4,6-9,12H,1-2,5,10-11,13H2,(H,22,23,24);2*1H. The Hall–Kier alpha value is -14.0. The van der Waals surface area contributed by atoms with Crippen molar-refractivity contribution in [2.75, 3.05) is 55.5 Å². The number of amides is 5. The first kappa shape index (κ1) is 73.5. The predicted octanol–water partition coefficient (Wildman–Crippen LogP) is 17.2. The monoisotopic (exact) mass is 1550 g/mol. The zero-order valence-corrected chi connectivity index (χ0v) is 63.7. The van der Waals surface area contributed by atoms with Crippen molar-refractivity contribution >= 4 is 69.3 Å². The number of carbonyl (C=O) groups excluding carboxylic acids is 5. The Bertz CT molecular complexity index is 5890. The van der Waals surface area contributed by atoms with E-state index in [9.17, 15) is 24.0 Å². The molecule has 0 atom stereocenters. The number of nitrogens with zero attached hydrogens (tertiary/aromatic N) is 5. The molecule has 0 radical (unpaired) electrons. The third-order valence-electron chi connectivity index (χ3n) is 22.7. The van der Waals surface area contributed by atoms with Crippen molar-refractivity contribution < 1.29 is 64.7 Å². The van der Waals surface area contributed by atoms with Crippen molar-refractivity contribution in [2.45, 2.75) is 99.2 Å². The minimum Gasteiger partial charge on any atom is -0.454 e. The van der Waals surface area contributed by atoms with Crippen LogP contribution < -0.4 is 64.5 Å². The molecule has 21 rings (SSSR count). The van der Waals surface area contributed by atoms with Gasteiger partial charge in [0.25, 0.3) is 5.91 Å². The highest BCUT2D eigenvalue weighted by Crippen LogP contribution is 2.55. The Morgan fingerprint density at radius 3 is 1.17 bits per heavy atom. The lowest BCUT2D eigenvalue weighted by Crippen LogP contribution is -2.28. The summed E-state index contributed by atoms with van der Waals surface area (Å²) in [6.07, 6.45) is 15.6. The number of hydrogen-bond acceptors (Lipinski definition) is 18. The second-order valence-corrected chi connectivity index (χ2v) is 30.1. The van der Waals surface area contributed by atoms with E-state index in [0.29, 0.717) is 57.5 Å². The van der Waals surface area contributed by atoms with Crippen LogP contribution in [0.3, 0.4) is 0 Å². The van der Waals surface area contributed by atoms with Gasteiger partial charge in [-0.15, -0.1) is 0 Å². The Morgan fingerprint density at radius 1 is 0.379 bits per heavy atom. The van der Waals surface area contributed by atoms with Gasteiger partial charge in [-0.2, -0.15) is 0 Å². The van der Waals surface area contributed by atoms with Crippen LogP contribution in [0.25, 0.3) is 50.1 Å². The number of nitrogens with one attached hydrogen (secondary N) is 5. The summed E-state index contributed by atoms with van der Waals surface area (Å²) in [5.41, 5.74) is 12.1. The SMILES string of the molecule is CNC(=O)c1ccc(-c2cccc(NC(=O)C3(c4ccc5c(c4)OCO5)CC3)n2)cc1.Cc1ccc(-c2cccc(NC(=O)C3(c4ccc5c(c4)OCO5)CC3)n2)cc1.O=C(Nc1ccc(-c2cccc3cccnc23)cn1)C1(c2ccc3c(c2)OCO3)CC1.O=C(Nc1cccc(C2=CCCC2)n1)C1(c2ccc3c(c2)OCO3)CC1.[HH].[HH]. The highest BCUT2D eigenvalue weighted by Gasteiger charge is 2.55. The third kappa shape index (κ3) is 15.0. The normalized spacial score (nSPS) is 16.4. The minimum atomic E-state index is -0.562. The molecular formula is C93H84N10O13. The molecule has 584 valence electrons. The number of carbonyl (C=O) groups is 5. The lowest BCUT2D eigenvalue weighted by molar-refractivity contribution is -0.119. The molecule has 5 N–H and O–H groups in total. The first-order valence-electron chi connectivity index (χ1n) is 38.9. The van der Waals surface area contributed by atoms with E-state index in [0.717, 1.165) is 154 Å².